The number of aromatic carboxylic acids is 2. The first-order valence-electron chi connectivity index (χ1n) is 8.11. The van der Waals surface area contributed by atoms with Crippen molar-refractivity contribution in [2.24, 2.45) is 5.92 Å². The molecule has 7 heteroatoms. The molecule has 0 amide bonds. The number of fused-ring (bicyclic) bond motifs is 1. The van der Waals surface area contributed by atoms with Gasteiger partial charge in [-0.05, 0) is 35.6 Å². The minimum Gasteiger partial charge on any atom is -0.550 e. The van der Waals surface area contributed by atoms with Crippen LogP contribution in [0.5, 0.6) is 0 Å². The predicted molar refractivity (Wildman–Crippen MR) is 89.4 cm³/mol. The number of aliphatic carboxylic acids is 1. The fraction of sp³-hybridized carbons (Fsp3) is 0.316. The van der Waals surface area contributed by atoms with Gasteiger partial charge in [0.05, 0.1) is 11.1 Å². The van der Waals surface area contributed by atoms with Crippen molar-refractivity contribution in [3.8, 4) is 0 Å². The fourth-order valence-corrected chi connectivity index (χ4v) is 3.02. The van der Waals surface area contributed by atoms with E-state index in [9.17, 15) is 19.5 Å². The Bertz CT molecular complexity index is 796. The molecule has 0 aliphatic heterocycles. The van der Waals surface area contributed by atoms with Crippen molar-refractivity contribution < 1.29 is 59.3 Å². The van der Waals surface area contributed by atoms with E-state index in [4.69, 9.17) is 10.2 Å². The van der Waals surface area contributed by atoms with Crippen LogP contribution >= 0.6 is 0 Å². The van der Waals surface area contributed by atoms with E-state index in [-0.39, 0.29) is 46.6 Å². The summed E-state index contributed by atoms with van der Waals surface area (Å²) in [5, 5.41) is 29.4. The number of carboxylic acids is 3. The van der Waals surface area contributed by atoms with Gasteiger partial charge in [0.2, 0.25) is 0 Å². The van der Waals surface area contributed by atoms with Crippen molar-refractivity contribution in [2.75, 3.05) is 0 Å². The van der Waals surface area contributed by atoms with Gasteiger partial charge in [0, 0.05) is 5.97 Å². The molecule has 0 spiro atoms. The molecule has 0 aromatic heterocycles. The first-order chi connectivity index (χ1) is 11.9. The maximum absolute atomic E-state index is 11.1. The van der Waals surface area contributed by atoms with Gasteiger partial charge in [0.15, 0.2) is 0 Å². The van der Waals surface area contributed by atoms with Crippen LogP contribution in [-0.4, -0.2) is 28.1 Å². The summed E-state index contributed by atoms with van der Waals surface area (Å²) in [7, 11) is 0. The smallest absolute Gasteiger partial charge is 0.550 e. The summed E-state index contributed by atoms with van der Waals surface area (Å²) < 4.78 is 0. The van der Waals surface area contributed by atoms with Crippen molar-refractivity contribution in [1.82, 2.24) is 0 Å². The number of carbonyl (C=O) groups is 3. The second-order valence-electron chi connectivity index (χ2n) is 5.97. The molecule has 1 aliphatic rings. The van der Waals surface area contributed by atoms with Gasteiger partial charge < -0.3 is 20.1 Å². The second kappa shape index (κ2) is 10.3. The third-order valence-electron chi connectivity index (χ3n) is 4.31. The van der Waals surface area contributed by atoms with E-state index >= 15 is 0 Å². The topological polar surface area (TPSA) is 115 Å². The second-order valence-corrected chi connectivity index (χ2v) is 5.97. The Hall–Kier alpha value is -1.89. The van der Waals surface area contributed by atoms with Gasteiger partial charge in [-0.2, -0.15) is 0 Å². The molecular formula is C19H19NaO6. The monoisotopic (exact) mass is 366 g/mol. The summed E-state index contributed by atoms with van der Waals surface area (Å²) in [6.45, 7) is 0. The summed E-state index contributed by atoms with van der Waals surface area (Å²) in [6.07, 6.45) is 5.01. The molecule has 0 radical (unpaired) electrons. The molecule has 2 N–H and O–H groups in total. The van der Waals surface area contributed by atoms with E-state index in [1.807, 2.05) is 0 Å². The number of rotatable bonds is 3. The maximum Gasteiger partial charge on any atom is 1.00 e. The zero-order chi connectivity index (χ0) is 18.4. The van der Waals surface area contributed by atoms with Gasteiger partial charge in [-0.1, -0.05) is 49.6 Å². The largest absolute Gasteiger partial charge is 1.00 e. The maximum atomic E-state index is 11.1. The average Bonchev–Trinajstić information content (AvgIpc) is 2.61. The standard InChI is InChI=1S/C12H8O4.C7H12O2.Na/c13-11(14)9-6-5-7-3-1-2-4-8(7)10(9)12(15)16;8-7(9)6-4-2-1-3-5-6;/h1-6H,(H,13,14)(H,15,16);6H,1-5H2,(H,8,9);/q;;+1/p-1. The van der Waals surface area contributed by atoms with Gasteiger partial charge in [-0.3, -0.25) is 0 Å². The Morgan fingerprint density at radius 3 is 2.00 bits per heavy atom. The van der Waals surface area contributed by atoms with Crippen molar-refractivity contribution >= 4 is 28.7 Å². The molecule has 0 bridgehead atoms. The number of hydrogen-bond acceptors (Lipinski definition) is 4. The normalized spacial score (nSPS) is 13.8. The SMILES string of the molecule is O=C(O)c1ccc2ccccc2c1C(=O)O.O=C([O-])C1CCCCC1.[Na+]. The molecule has 0 unspecified atom stereocenters. The Morgan fingerprint density at radius 1 is 0.885 bits per heavy atom. The molecule has 2 aromatic rings. The summed E-state index contributed by atoms with van der Waals surface area (Å²) >= 11 is 0. The Balaban J connectivity index is 0.000000290. The van der Waals surface area contributed by atoms with Crippen LogP contribution in [0.15, 0.2) is 36.4 Å². The molecule has 1 aliphatic carbocycles. The summed E-state index contributed by atoms with van der Waals surface area (Å²) in [5.74, 6) is -3.45. The van der Waals surface area contributed by atoms with Gasteiger partial charge in [0.1, 0.15) is 0 Å². The fourth-order valence-electron chi connectivity index (χ4n) is 3.02. The molecular weight excluding hydrogens is 347 g/mol. The molecule has 6 nitrogen and oxygen atoms in total. The molecule has 1 saturated carbocycles. The van der Waals surface area contributed by atoms with Crippen molar-refractivity contribution in [3.63, 3.8) is 0 Å². The van der Waals surface area contributed by atoms with Crippen LogP contribution < -0.4 is 34.7 Å². The summed E-state index contributed by atoms with van der Waals surface area (Å²) in [5.41, 5.74) is -0.350. The molecule has 1 fully saturated rings. The third kappa shape index (κ3) is 5.56. The number of carboxylic acid groups (broad SMARTS) is 3. The Kier molecular flexibility index (Phi) is 8.78. The summed E-state index contributed by atoms with van der Waals surface area (Å²) in [6, 6.07) is 9.72. The first-order valence-corrected chi connectivity index (χ1v) is 8.11. The molecule has 0 atom stereocenters. The van der Waals surface area contributed by atoms with Crippen molar-refractivity contribution in [2.45, 2.75) is 32.1 Å². The molecule has 0 heterocycles. The van der Waals surface area contributed by atoms with E-state index in [1.54, 1.807) is 30.3 Å². The number of benzene rings is 2. The Morgan fingerprint density at radius 2 is 1.50 bits per heavy atom. The van der Waals surface area contributed by atoms with Gasteiger partial charge in [-0.25, -0.2) is 9.59 Å². The zero-order valence-corrected chi connectivity index (χ0v) is 16.6. The van der Waals surface area contributed by atoms with Gasteiger partial charge in [0.25, 0.3) is 0 Å². The quantitative estimate of drug-likeness (QED) is 0.712. The van der Waals surface area contributed by atoms with Gasteiger partial charge in [-0.15, -0.1) is 0 Å². The van der Waals surface area contributed by atoms with E-state index in [2.05, 4.69) is 0 Å². The van der Waals surface area contributed by atoms with E-state index < -0.39 is 17.9 Å². The van der Waals surface area contributed by atoms with E-state index in [1.165, 1.54) is 12.5 Å². The van der Waals surface area contributed by atoms with Crippen LogP contribution in [0.25, 0.3) is 10.8 Å². The third-order valence-corrected chi connectivity index (χ3v) is 4.31. The average molecular weight is 366 g/mol. The van der Waals surface area contributed by atoms with Crippen LogP contribution in [0.2, 0.25) is 0 Å². The minimum absolute atomic E-state index is 0. The molecule has 2 aromatic carbocycles. The zero-order valence-electron chi connectivity index (χ0n) is 14.6. The summed E-state index contributed by atoms with van der Waals surface area (Å²) in [4.78, 5) is 32.2. The molecule has 132 valence electrons. The first kappa shape index (κ1) is 22.2. The number of hydrogen-bond donors (Lipinski definition) is 2. The van der Waals surface area contributed by atoms with Crippen molar-refractivity contribution in [1.29, 1.82) is 0 Å². The minimum atomic E-state index is -1.23. The van der Waals surface area contributed by atoms with E-state index in [0.717, 1.165) is 25.7 Å². The molecule has 26 heavy (non-hydrogen) atoms. The molecule has 3 rings (SSSR count). The molecule has 0 saturated heterocycles. The van der Waals surface area contributed by atoms with Crippen LogP contribution in [0, 0.1) is 5.92 Å². The van der Waals surface area contributed by atoms with Crippen LogP contribution in [-0.2, 0) is 4.79 Å². The predicted octanol–water partition coefficient (Wildman–Crippen LogP) is -0.443. The van der Waals surface area contributed by atoms with Crippen LogP contribution in [0.4, 0.5) is 0 Å². The van der Waals surface area contributed by atoms with Crippen molar-refractivity contribution in [3.05, 3.63) is 47.5 Å². The van der Waals surface area contributed by atoms with Crippen LogP contribution in [0.1, 0.15) is 52.8 Å². The van der Waals surface area contributed by atoms with E-state index in [0.29, 0.717) is 10.8 Å². The van der Waals surface area contributed by atoms with Crippen LogP contribution in [0.3, 0.4) is 0 Å². The van der Waals surface area contributed by atoms with Gasteiger partial charge >= 0.3 is 41.5 Å². The number of carbonyl (C=O) groups excluding carboxylic acids is 1. The Labute approximate surface area is 173 Å².